The van der Waals surface area contributed by atoms with E-state index in [0.29, 0.717) is 5.16 Å². The number of phosphoric ester groups is 1. The number of aliphatic hydroxyl groups excluding tert-OH is 2. The van der Waals surface area contributed by atoms with Crippen molar-refractivity contribution in [3.8, 4) is 0 Å². The molecule has 2 unspecified atom stereocenters. The zero-order valence-corrected chi connectivity index (χ0v) is 17.1. The molecule has 0 bridgehead atoms. The summed E-state index contributed by atoms with van der Waals surface area (Å²) in [5.74, 6) is 0.0989. The number of phosphoric acid groups is 2. The molecule has 0 saturated carbocycles. The van der Waals surface area contributed by atoms with Crippen LogP contribution in [0.1, 0.15) is 6.23 Å². The van der Waals surface area contributed by atoms with Gasteiger partial charge in [-0.1, -0.05) is 11.8 Å². The van der Waals surface area contributed by atoms with Crippen molar-refractivity contribution in [1.82, 2.24) is 19.5 Å². The number of thioether (sulfide) groups is 1. The fourth-order valence-electron chi connectivity index (χ4n) is 2.62. The first-order chi connectivity index (χ1) is 13.4. The number of hydrogen-bond donors (Lipinski definition) is 6. The van der Waals surface area contributed by atoms with E-state index >= 15 is 0 Å². The third-order valence-electron chi connectivity index (χ3n) is 3.83. The minimum Gasteiger partial charge on any atom is -0.387 e. The highest BCUT2D eigenvalue weighted by Crippen LogP contribution is 2.57. The van der Waals surface area contributed by atoms with Gasteiger partial charge in [0.15, 0.2) is 22.8 Å². The van der Waals surface area contributed by atoms with Gasteiger partial charge in [-0.3, -0.25) is 9.09 Å². The highest BCUT2D eigenvalue weighted by atomic mass is 32.2. The van der Waals surface area contributed by atoms with Crippen LogP contribution >= 0.6 is 27.4 Å². The van der Waals surface area contributed by atoms with E-state index in [0.717, 1.165) is 0 Å². The Morgan fingerprint density at radius 3 is 2.59 bits per heavy atom. The number of nitrogens with zero attached hydrogens (tertiary/aromatic N) is 4. The molecule has 0 aliphatic carbocycles. The van der Waals surface area contributed by atoms with Gasteiger partial charge in [0.25, 0.3) is 0 Å². The van der Waals surface area contributed by atoms with Crippen molar-refractivity contribution in [2.45, 2.75) is 29.7 Å². The number of anilines is 1. The average Bonchev–Trinajstić information content (AvgIpc) is 3.13. The van der Waals surface area contributed by atoms with E-state index in [1.807, 2.05) is 0 Å². The Morgan fingerprint density at radius 2 is 1.97 bits per heavy atom. The summed E-state index contributed by atoms with van der Waals surface area (Å²) in [5, 5.41) is 20.8. The number of imidazole rings is 1. The van der Waals surface area contributed by atoms with Crippen molar-refractivity contribution in [3.05, 3.63) is 6.33 Å². The zero-order valence-electron chi connectivity index (χ0n) is 14.5. The average molecular weight is 473 g/mol. The van der Waals surface area contributed by atoms with Crippen LogP contribution in [0.25, 0.3) is 11.2 Å². The molecular weight excluding hydrogens is 456 g/mol. The smallest absolute Gasteiger partial charge is 0.387 e. The lowest BCUT2D eigenvalue weighted by molar-refractivity contribution is -0.0503. The number of aromatic nitrogens is 4. The summed E-state index contributed by atoms with van der Waals surface area (Å²) in [6.45, 7) is -0.817. The Balaban J connectivity index is 1.80. The van der Waals surface area contributed by atoms with Crippen molar-refractivity contribution in [2.24, 2.45) is 0 Å². The van der Waals surface area contributed by atoms with E-state index < -0.39 is 46.8 Å². The molecule has 1 saturated heterocycles. The molecule has 15 nitrogen and oxygen atoms in total. The van der Waals surface area contributed by atoms with Crippen LogP contribution in [0.2, 0.25) is 0 Å². The number of nitrogens with two attached hydrogens (primary N) is 1. The topological polar surface area (TPSA) is 233 Å². The quantitative estimate of drug-likeness (QED) is 0.160. The Hall–Kier alpha value is -1.16. The molecule has 1 fully saturated rings. The molecule has 3 rings (SSSR count). The van der Waals surface area contributed by atoms with Gasteiger partial charge < -0.3 is 35.4 Å². The Morgan fingerprint density at radius 1 is 1.28 bits per heavy atom. The molecule has 0 radical (unpaired) electrons. The number of ether oxygens (including phenoxy) is 1. The number of rotatable bonds is 7. The summed E-state index contributed by atoms with van der Waals surface area (Å²) in [4.78, 5) is 38.8. The lowest BCUT2D eigenvalue weighted by Crippen LogP contribution is -2.33. The van der Waals surface area contributed by atoms with Gasteiger partial charge in [0.05, 0.1) is 12.9 Å². The highest BCUT2D eigenvalue weighted by molar-refractivity contribution is 7.98. The van der Waals surface area contributed by atoms with E-state index in [-0.39, 0.29) is 17.0 Å². The summed E-state index contributed by atoms with van der Waals surface area (Å²) in [6.07, 6.45) is -2.66. The van der Waals surface area contributed by atoms with Gasteiger partial charge in [-0.25, -0.2) is 24.1 Å². The second kappa shape index (κ2) is 8.17. The first kappa shape index (κ1) is 22.5. The Bertz CT molecular complexity index is 1000. The molecule has 162 valence electrons. The predicted octanol–water partition coefficient (Wildman–Crippen LogP) is -1.02. The summed E-state index contributed by atoms with van der Waals surface area (Å²) in [5.41, 5.74) is 6.29. The van der Waals surface area contributed by atoms with Gasteiger partial charge in [-0.05, 0) is 6.26 Å². The third-order valence-corrected chi connectivity index (χ3v) is 6.53. The van der Waals surface area contributed by atoms with Gasteiger partial charge in [0.1, 0.15) is 23.8 Å². The lowest BCUT2D eigenvalue weighted by Gasteiger charge is -2.17. The van der Waals surface area contributed by atoms with Crippen molar-refractivity contribution in [1.29, 1.82) is 0 Å². The number of fused-ring (bicyclic) bond motifs is 1. The third kappa shape index (κ3) is 4.95. The molecule has 2 aromatic rings. The molecule has 1 aliphatic rings. The van der Waals surface area contributed by atoms with Crippen LogP contribution < -0.4 is 5.73 Å². The van der Waals surface area contributed by atoms with Gasteiger partial charge in [-0.2, -0.15) is 4.31 Å². The minimum atomic E-state index is -5.30. The van der Waals surface area contributed by atoms with Crippen molar-refractivity contribution >= 4 is 44.4 Å². The van der Waals surface area contributed by atoms with E-state index in [1.165, 1.54) is 22.7 Å². The maximum absolute atomic E-state index is 11.5. The first-order valence-electron chi connectivity index (χ1n) is 7.71. The number of hydrogen-bond acceptors (Lipinski definition) is 12. The molecule has 29 heavy (non-hydrogen) atoms. The van der Waals surface area contributed by atoms with Gasteiger partial charge in [0.2, 0.25) is 0 Å². The maximum atomic E-state index is 11.5. The predicted molar refractivity (Wildman–Crippen MR) is 96.3 cm³/mol. The largest absolute Gasteiger partial charge is 0.481 e. The molecule has 1 aliphatic heterocycles. The first-order valence-corrected chi connectivity index (χ1v) is 12.0. The SMILES string of the molecule is CSc1nc(N)c2ncn([C@@H]3O[C@H](COP(=O)(O)OP(=O)(O)O)[C@H](O)C3O)c2n1. The second-order valence-corrected chi connectivity index (χ2v) is 9.41. The fraction of sp³-hybridized carbons (Fsp3) is 0.545. The fourth-order valence-corrected chi connectivity index (χ4v) is 4.58. The second-order valence-electron chi connectivity index (χ2n) is 5.80. The molecule has 0 aromatic carbocycles. The molecule has 0 spiro atoms. The van der Waals surface area contributed by atoms with E-state index in [4.69, 9.17) is 20.3 Å². The van der Waals surface area contributed by atoms with Crippen LogP contribution in [-0.4, -0.2) is 75.6 Å². The van der Waals surface area contributed by atoms with Gasteiger partial charge >= 0.3 is 15.6 Å². The summed E-state index contributed by atoms with van der Waals surface area (Å²) < 4.78 is 37.1. The van der Waals surface area contributed by atoms with Crippen LogP contribution in [-0.2, 0) is 22.7 Å². The summed E-state index contributed by atoms with van der Waals surface area (Å²) in [6, 6.07) is 0. The molecule has 3 heterocycles. The molecule has 7 N–H and O–H groups in total. The monoisotopic (exact) mass is 473 g/mol. The maximum Gasteiger partial charge on any atom is 0.481 e. The van der Waals surface area contributed by atoms with Crippen molar-refractivity contribution in [2.75, 3.05) is 18.6 Å². The molecule has 0 amide bonds. The highest BCUT2D eigenvalue weighted by Gasteiger charge is 2.46. The standard InChI is InChI=1S/C11H17N5O10P2S/c1-29-11-14-8(12)5-9(15-11)16(3-13-5)10-7(18)6(17)4(25-10)2-24-28(22,23)26-27(19,20)21/h3-4,6-7,10,17-18H,2H2,1H3,(H,22,23)(H2,12,14,15)(H2,19,20,21)/t4-,6+,7?,10-/m1/s1. The van der Waals surface area contributed by atoms with E-state index in [1.54, 1.807) is 6.26 Å². The normalized spacial score (nSPS) is 27.4. The van der Waals surface area contributed by atoms with Gasteiger partial charge in [-0.15, -0.1) is 0 Å². The van der Waals surface area contributed by atoms with Crippen LogP contribution in [0.15, 0.2) is 11.5 Å². The summed E-state index contributed by atoms with van der Waals surface area (Å²) in [7, 11) is -10.4. The Labute approximate surface area is 166 Å². The number of nitrogen functional groups attached to an aromatic ring is 1. The van der Waals surface area contributed by atoms with Gasteiger partial charge in [0, 0.05) is 0 Å². The van der Waals surface area contributed by atoms with E-state index in [9.17, 15) is 24.2 Å². The molecular formula is C11H17N5O10P2S. The Kier molecular flexibility index (Phi) is 6.34. The zero-order chi connectivity index (χ0) is 21.6. The van der Waals surface area contributed by atoms with Crippen molar-refractivity contribution < 1.29 is 47.6 Å². The number of aliphatic hydroxyl groups is 2. The van der Waals surface area contributed by atoms with E-state index in [2.05, 4.69) is 23.8 Å². The van der Waals surface area contributed by atoms with Crippen LogP contribution in [0.3, 0.4) is 0 Å². The summed E-state index contributed by atoms with van der Waals surface area (Å²) >= 11 is 1.22. The van der Waals surface area contributed by atoms with Crippen LogP contribution in [0, 0.1) is 0 Å². The van der Waals surface area contributed by atoms with Crippen LogP contribution in [0.4, 0.5) is 5.82 Å². The lowest BCUT2D eigenvalue weighted by atomic mass is 10.1. The molecule has 2 aromatic heterocycles. The molecule has 18 heteroatoms. The molecule has 5 atom stereocenters. The van der Waals surface area contributed by atoms with Crippen LogP contribution in [0.5, 0.6) is 0 Å². The van der Waals surface area contributed by atoms with Crippen molar-refractivity contribution in [3.63, 3.8) is 0 Å². The minimum absolute atomic E-state index is 0.0989.